The quantitative estimate of drug-likeness (QED) is 0.523. The van der Waals surface area contributed by atoms with Gasteiger partial charge in [0.2, 0.25) is 0 Å². The number of anilines is 2. The van der Waals surface area contributed by atoms with Crippen LogP contribution in [0, 0.1) is 10.8 Å². The van der Waals surface area contributed by atoms with Gasteiger partial charge in [0, 0.05) is 46.0 Å². The zero-order chi connectivity index (χ0) is 19.5. The van der Waals surface area contributed by atoms with Gasteiger partial charge in [-0.3, -0.25) is 0 Å². The molecular weight excluding hydrogens is 484 g/mol. The van der Waals surface area contributed by atoms with Crippen molar-refractivity contribution in [1.29, 1.82) is 0 Å². The molecule has 2 aromatic rings. The van der Waals surface area contributed by atoms with Crippen molar-refractivity contribution in [1.82, 2.24) is 4.90 Å². The van der Waals surface area contributed by atoms with E-state index in [2.05, 4.69) is 79.8 Å². The van der Waals surface area contributed by atoms with Gasteiger partial charge in [-0.1, -0.05) is 45.7 Å². The highest BCUT2D eigenvalue weighted by atomic mass is 79.9. The van der Waals surface area contributed by atoms with E-state index in [4.69, 9.17) is 9.47 Å². The van der Waals surface area contributed by atoms with E-state index in [9.17, 15) is 0 Å². The number of benzene rings is 2. The third-order valence-electron chi connectivity index (χ3n) is 6.73. The zero-order valence-corrected chi connectivity index (χ0v) is 19.3. The molecule has 0 aliphatic carbocycles. The number of ether oxygens (including phenoxy) is 2. The van der Waals surface area contributed by atoms with Crippen LogP contribution in [0.2, 0.25) is 0 Å². The summed E-state index contributed by atoms with van der Waals surface area (Å²) in [5, 5.41) is 0. The number of halogens is 2. The third-order valence-corrected chi connectivity index (χ3v) is 7.72. The Morgan fingerprint density at radius 2 is 1.39 bits per heavy atom. The molecule has 28 heavy (non-hydrogen) atoms. The summed E-state index contributed by atoms with van der Waals surface area (Å²) in [4.78, 5) is 5.00. The van der Waals surface area contributed by atoms with Crippen molar-refractivity contribution < 1.29 is 9.47 Å². The number of hydrogen-bond acceptors (Lipinski definition) is 4. The third kappa shape index (κ3) is 3.00. The van der Waals surface area contributed by atoms with E-state index in [0.29, 0.717) is 0 Å². The molecule has 6 heteroatoms. The SMILES string of the molecule is C[C@@]12COC[C@]1(C)CN(CCN1c3ccc(Br)cc3Oc3cc(Br)ccc31)C2. The fraction of sp³-hybridized carbons (Fsp3) is 0.455. The van der Waals surface area contributed by atoms with Gasteiger partial charge in [-0.15, -0.1) is 0 Å². The van der Waals surface area contributed by atoms with Crippen molar-refractivity contribution in [2.75, 3.05) is 44.3 Å². The minimum Gasteiger partial charge on any atom is -0.453 e. The van der Waals surface area contributed by atoms with Crippen LogP contribution >= 0.6 is 31.9 Å². The average Bonchev–Trinajstić information content (AvgIpc) is 3.05. The van der Waals surface area contributed by atoms with Crippen LogP contribution in [-0.2, 0) is 4.74 Å². The van der Waals surface area contributed by atoms with Crippen LogP contribution < -0.4 is 9.64 Å². The smallest absolute Gasteiger partial charge is 0.152 e. The van der Waals surface area contributed by atoms with Crippen molar-refractivity contribution in [3.8, 4) is 11.5 Å². The Kier molecular flexibility index (Phi) is 4.54. The summed E-state index contributed by atoms with van der Waals surface area (Å²) in [5.74, 6) is 1.79. The van der Waals surface area contributed by atoms with Gasteiger partial charge in [0.15, 0.2) is 11.5 Å². The van der Waals surface area contributed by atoms with Gasteiger partial charge in [0.05, 0.1) is 24.6 Å². The Morgan fingerprint density at radius 3 is 1.93 bits per heavy atom. The van der Waals surface area contributed by atoms with Gasteiger partial charge in [-0.25, -0.2) is 0 Å². The maximum atomic E-state index is 6.20. The van der Waals surface area contributed by atoms with Crippen LogP contribution in [0.4, 0.5) is 11.4 Å². The molecule has 0 amide bonds. The topological polar surface area (TPSA) is 24.9 Å². The number of likely N-dealkylation sites (tertiary alicyclic amines) is 1. The minimum absolute atomic E-state index is 0.267. The monoisotopic (exact) mass is 506 g/mol. The number of fused-ring (bicyclic) bond motifs is 3. The molecule has 5 rings (SSSR count). The van der Waals surface area contributed by atoms with Gasteiger partial charge in [0.25, 0.3) is 0 Å². The molecule has 0 radical (unpaired) electrons. The van der Waals surface area contributed by atoms with E-state index in [-0.39, 0.29) is 10.8 Å². The molecule has 0 N–H and O–H groups in total. The summed E-state index contributed by atoms with van der Waals surface area (Å²) in [7, 11) is 0. The molecule has 0 spiro atoms. The molecule has 2 aromatic carbocycles. The summed E-state index contributed by atoms with van der Waals surface area (Å²) in [6, 6.07) is 12.5. The Hall–Kier alpha value is -1.08. The zero-order valence-electron chi connectivity index (χ0n) is 16.2. The van der Waals surface area contributed by atoms with Crippen LogP contribution in [0.1, 0.15) is 13.8 Å². The number of nitrogens with zero attached hydrogens (tertiary/aromatic N) is 2. The van der Waals surface area contributed by atoms with Crippen molar-refractivity contribution >= 4 is 43.2 Å². The molecule has 0 unspecified atom stereocenters. The highest BCUT2D eigenvalue weighted by molar-refractivity contribution is 9.10. The van der Waals surface area contributed by atoms with Crippen molar-refractivity contribution in [3.63, 3.8) is 0 Å². The molecule has 4 nitrogen and oxygen atoms in total. The van der Waals surface area contributed by atoms with Gasteiger partial charge in [0.1, 0.15) is 0 Å². The van der Waals surface area contributed by atoms with Crippen molar-refractivity contribution in [3.05, 3.63) is 45.3 Å². The Labute approximate surface area is 183 Å². The van der Waals surface area contributed by atoms with Crippen LogP contribution in [-0.4, -0.2) is 44.3 Å². The van der Waals surface area contributed by atoms with E-state index >= 15 is 0 Å². The molecule has 3 aliphatic rings. The van der Waals surface area contributed by atoms with Crippen molar-refractivity contribution in [2.24, 2.45) is 10.8 Å². The predicted octanol–water partition coefficient (Wildman–Crippen LogP) is 5.81. The van der Waals surface area contributed by atoms with E-state index < -0.39 is 0 Å². The lowest BCUT2D eigenvalue weighted by atomic mass is 9.71. The van der Waals surface area contributed by atoms with Crippen LogP contribution in [0.3, 0.4) is 0 Å². The molecule has 3 aliphatic heterocycles. The summed E-state index contributed by atoms with van der Waals surface area (Å²) in [5.41, 5.74) is 2.78. The van der Waals surface area contributed by atoms with Gasteiger partial charge in [-0.05, 0) is 36.4 Å². The predicted molar refractivity (Wildman–Crippen MR) is 119 cm³/mol. The minimum atomic E-state index is 0.267. The van der Waals surface area contributed by atoms with E-state index in [1.807, 2.05) is 12.1 Å². The summed E-state index contributed by atoms with van der Waals surface area (Å²) in [6.07, 6.45) is 0. The van der Waals surface area contributed by atoms with Gasteiger partial charge < -0.3 is 19.3 Å². The number of rotatable bonds is 3. The first-order chi connectivity index (χ1) is 13.4. The first kappa shape index (κ1) is 18.9. The summed E-state index contributed by atoms with van der Waals surface area (Å²) >= 11 is 7.14. The molecule has 0 saturated carbocycles. The largest absolute Gasteiger partial charge is 0.453 e. The normalized spacial score (nSPS) is 28.6. The maximum absolute atomic E-state index is 6.20. The van der Waals surface area contributed by atoms with Crippen molar-refractivity contribution in [2.45, 2.75) is 13.8 Å². The first-order valence-corrected chi connectivity index (χ1v) is 11.3. The van der Waals surface area contributed by atoms with Crippen LogP contribution in [0.15, 0.2) is 45.3 Å². The Bertz CT molecular complexity index is 867. The maximum Gasteiger partial charge on any atom is 0.152 e. The molecule has 0 aromatic heterocycles. The Balaban J connectivity index is 1.41. The fourth-order valence-corrected chi connectivity index (χ4v) is 5.52. The fourth-order valence-electron chi connectivity index (χ4n) is 4.84. The highest BCUT2D eigenvalue weighted by Crippen LogP contribution is 2.51. The molecule has 0 bridgehead atoms. The molecular formula is C22H24Br2N2O2. The molecule has 2 atom stereocenters. The van der Waals surface area contributed by atoms with E-state index in [0.717, 1.165) is 71.2 Å². The van der Waals surface area contributed by atoms with Gasteiger partial charge in [-0.2, -0.15) is 0 Å². The molecule has 3 heterocycles. The molecule has 2 fully saturated rings. The highest BCUT2D eigenvalue weighted by Gasteiger charge is 2.55. The summed E-state index contributed by atoms with van der Waals surface area (Å²) in [6.45, 7) is 10.7. The molecule has 148 valence electrons. The first-order valence-electron chi connectivity index (χ1n) is 9.72. The lowest BCUT2D eigenvalue weighted by molar-refractivity contribution is 0.131. The number of hydrogen-bond donors (Lipinski definition) is 0. The van der Waals surface area contributed by atoms with Crippen LogP contribution in [0.5, 0.6) is 11.5 Å². The molecule has 2 saturated heterocycles. The second kappa shape index (κ2) is 6.73. The second-order valence-electron chi connectivity index (χ2n) is 8.80. The Morgan fingerprint density at radius 1 is 0.857 bits per heavy atom. The lowest BCUT2D eigenvalue weighted by Gasteiger charge is -2.34. The van der Waals surface area contributed by atoms with Crippen LogP contribution in [0.25, 0.3) is 0 Å². The van der Waals surface area contributed by atoms with Gasteiger partial charge >= 0.3 is 0 Å². The summed E-state index contributed by atoms with van der Waals surface area (Å²) < 4.78 is 14.1. The second-order valence-corrected chi connectivity index (χ2v) is 10.6. The van der Waals surface area contributed by atoms with E-state index in [1.165, 1.54) is 0 Å². The standard InChI is InChI=1S/C22H24Br2N2O2/c1-21-11-25(12-22(21,2)14-27-13-21)7-8-26-17-5-3-15(23)9-19(17)28-20-10-16(24)4-6-18(20)26/h3-6,9-10H,7-8,11-14H2,1-2H3/t21-,22+. The average molecular weight is 508 g/mol. The van der Waals surface area contributed by atoms with E-state index in [1.54, 1.807) is 0 Å². The lowest BCUT2D eigenvalue weighted by Crippen LogP contribution is -2.34.